The number of fused-ring (bicyclic) bond motifs is 5. The van der Waals surface area contributed by atoms with E-state index in [1.807, 2.05) is 127 Å². The van der Waals surface area contributed by atoms with Crippen molar-refractivity contribution in [3.8, 4) is 45.6 Å². The highest BCUT2D eigenvalue weighted by atomic mass is 35.5. The van der Waals surface area contributed by atoms with Gasteiger partial charge in [0.15, 0.2) is 28.4 Å². The number of hydrogen-bond donors (Lipinski definition) is 12. The third kappa shape index (κ3) is 20.7. The Morgan fingerprint density at radius 3 is 1.01 bits per heavy atom. The minimum absolute atomic E-state index is 0.179. The zero-order chi connectivity index (χ0) is 79.7. The number of H-pyrrole nitrogens is 4. The lowest BCUT2D eigenvalue weighted by Crippen LogP contribution is -2.15. The van der Waals surface area contributed by atoms with E-state index >= 15 is 0 Å². The second-order valence-corrected chi connectivity index (χ2v) is 29.3. The average molecular weight is 1710 g/mol. The Bertz CT molecular complexity index is 6020. The highest BCUT2D eigenvalue weighted by molar-refractivity contribution is 7.22. The van der Waals surface area contributed by atoms with Gasteiger partial charge in [-0.3, -0.25) is 19.8 Å². The molecule has 0 unspecified atom stereocenters. The molecule has 0 saturated carbocycles. The van der Waals surface area contributed by atoms with Crippen LogP contribution in [0, 0.1) is 0 Å². The molecule has 0 saturated heterocycles. The number of aromatic nitrogens is 13. The van der Waals surface area contributed by atoms with Crippen LogP contribution in [0.3, 0.4) is 0 Å². The molecular weight excluding hydrogens is 1650 g/mol. The van der Waals surface area contributed by atoms with Crippen molar-refractivity contribution in [3.63, 3.8) is 0 Å². The van der Waals surface area contributed by atoms with E-state index in [4.69, 9.17) is 107 Å². The van der Waals surface area contributed by atoms with Gasteiger partial charge in [-0.15, -0.1) is 0 Å². The fourth-order valence-electron chi connectivity index (χ4n) is 11.6. The quantitative estimate of drug-likeness (QED) is 0.0250. The summed E-state index contributed by atoms with van der Waals surface area (Å²) in [5.41, 5.74) is 6.22. The van der Waals surface area contributed by atoms with Crippen molar-refractivity contribution in [1.29, 1.82) is 0 Å². The van der Waals surface area contributed by atoms with Crippen LogP contribution in [0.1, 0.15) is 0 Å². The number of nitrogens with zero attached hydrogens (tertiary/aromatic N) is 9. The minimum atomic E-state index is -0.429. The standard InChI is InChI=1S/C23H17Cl2N5S.C19H16Cl2N6O.2C19H15Cl2N5O2/c24-14-9-10-15(17(25)13-14)22-28-18-6-2-1-5-16(18)21(30-22)26-11-12-27-23-29-19-7-3-4-8-20(19)31-23;20-11-5-6-12(14(21)9-11)19-24-15-4-2-1-3-13(15)18(25-19)23-8-7-22-16-10-17(28)27-26-16;20-11-5-6-12(14(21)9-11)19-24-15-4-2-1-3-13(15)18(25-19)23-8-7-22-17-10-16(27)26-28-17;20-11-5-6-12(14(21)9-11)19-24-15-4-2-1-3-13(15)18(25-19)23-8-7-22-16-10-17(27)28-26-16/h1-10,13H,11-12H2,(H,27,29)(H,26,28,30);1-6,9-10H,7-8H2,(H,23,24,25)(H3,22,26,27,28);1-6,9-10,22H,7-8H2,(H,26,27)(H,23,24,25);1-6,9-10,22,26H,7-8H2,(H,23,24,25). The fraction of sp³-hybridized carbons (Fsp3) is 0.100. The predicted molar refractivity (Wildman–Crippen MR) is 468 cm³/mol. The summed E-state index contributed by atoms with van der Waals surface area (Å²) in [4.78, 5) is 75.1. The SMILES string of the molecule is Clc1ccc(-c2nc(NCCNc3nc4ccccc4s3)c3ccccc3n2)c(Cl)c1.O=c1cc(NCCNc2nc(-c3ccc(Cl)cc3Cl)nc3ccccc23)[nH][nH]1.O=c1cc(NCCNc2nc(-c3ccc(Cl)cc3Cl)nc3ccccc23)[nH]o1.O=c1cc(NCCNc2nc(-c3ccc(Cl)cc3Cl)nc3ccccc23)o[nH]1. The number of para-hydroxylation sites is 5. The summed E-state index contributed by atoms with van der Waals surface area (Å²) in [7, 11) is 0. The zero-order valence-electron chi connectivity index (χ0n) is 59.9. The van der Waals surface area contributed by atoms with Gasteiger partial charge in [0, 0.05) is 122 Å². The van der Waals surface area contributed by atoms with Crippen molar-refractivity contribution in [3.05, 3.63) is 284 Å². The molecule has 115 heavy (non-hydrogen) atoms. The number of hydrogen-bond acceptors (Lipinski definition) is 23. The van der Waals surface area contributed by atoms with Gasteiger partial charge in [-0.1, -0.05) is 165 Å². The van der Waals surface area contributed by atoms with E-state index in [2.05, 4.69) is 109 Å². The molecule has 17 aromatic rings. The first-order valence-electron chi connectivity index (χ1n) is 35.3. The predicted octanol–water partition coefficient (Wildman–Crippen LogP) is 19.7. The number of nitrogens with one attached hydrogen (secondary N) is 12. The minimum Gasteiger partial charge on any atom is -0.369 e. The van der Waals surface area contributed by atoms with Gasteiger partial charge in [0.05, 0.1) is 64.5 Å². The summed E-state index contributed by atoms with van der Waals surface area (Å²) in [6.07, 6.45) is 0. The lowest BCUT2D eigenvalue weighted by atomic mass is 10.2. The van der Waals surface area contributed by atoms with E-state index in [0.29, 0.717) is 168 Å². The van der Waals surface area contributed by atoms with Crippen molar-refractivity contribution in [2.24, 2.45) is 0 Å². The van der Waals surface area contributed by atoms with E-state index < -0.39 is 5.63 Å². The molecule has 8 heterocycles. The van der Waals surface area contributed by atoms with Crippen molar-refractivity contribution >= 4 is 204 Å². The van der Waals surface area contributed by atoms with Crippen molar-refractivity contribution in [1.82, 2.24) is 65.4 Å². The number of aromatic amines is 4. The molecule has 0 fully saturated rings. The second-order valence-electron chi connectivity index (χ2n) is 24.9. The molecule has 0 radical (unpaired) electrons. The highest BCUT2D eigenvalue weighted by Gasteiger charge is 2.18. The van der Waals surface area contributed by atoms with Crippen LogP contribution in [0.25, 0.3) is 99.4 Å². The van der Waals surface area contributed by atoms with E-state index in [-0.39, 0.29) is 11.1 Å². The Hall–Kier alpha value is -12.0. The molecule has 0 atom stereocenters. The van der Waals surface area contributed by atoms with Crippen LogP contribution < -0.4 is 59.3 Å². The maximum Gasteiger partial charge on any atom is 0.359 e. The molecule has 8 aromatic heterocycles. The van der Waals surface area contributed by atoms with E-state index in [0.717, 1.165) is 65.6 Å². The summed E-state index contributed by atoms with van der Waals surface area (Å²) in [5.74, 6) is 6.47. The summed E-state index contributed by atoms with van der Waals surface area (Å²) < 4.78 is 10.7. The fourth-order valence-corrected chi connectivity index (χ4v) is 14.5. The second kappa shape index (κ2) is 37.7. The first-order valence-corrected chi connectivity index (χ1v) is 39.1. The van der Waals surface area contributed by atoms with E-state index in [1.165, 1.54) is 22.9 Å². The molecule has 0 aliphatic rings. The maximum absolute atomic E-state index is 11.1. The van der Waals surface area contributed by atoms with Gasteiger partial charge in [-0.2, -0.15) is 5.16 Å². The van der Waals surface area contributed by atoms with Crippen LogP contribution in [0.15, 0.2) is 236 Å². The van der Waals surface area contributed by atoms with Crippen LogP contribution in [0.4, 0.5) is 45.9 Å². The Balaban J connectivity index is 0.000000127. The first-order chi connectivity index (χ1) is 56.0. The van der Waals surface area contributed by atoms with Crippen LogP contribution >= 0.6 is 104 Å². The molecule has 0 bridgehead atoms. The third-order valence-corrected chi connectivity index (χ3v) is 20.1. The number of thiazole rings is 1. The van der Waals surface area contributed by atoms with Crippen LogP contribution in [-0.2, 0) is 0 Å². The molecule has 26 nitrogen and oxygen atoms in total. The topological polar surface area (TPSA) is 353 Å². The van der Waals surface area contributed by atoms with Gasteiger partial charge in [0.25, 0.3) is 11.1 Å². The number of halogens is 8. The molecule has 12 N–H and O–H groups in total. The summed E-state index contributed by atoms with van der Waals surface area (Å²) >= 11 is 51.1. The monoisotopic (exact) mass is 1710 g/mol. The van der Waals surface area contributed by atoms with Gasteiger partial charge in [0.2, 0.25) is 5.88 Å². The summed E-state index contributed by atoms with van der Waals surface area (Å²) in [6.45, 7) is 4.72. The van der Waals surface area contributed by atoms with Crippen LogP contribution in [0.2, 0.25) is 40.2 Å². The Morgan fingerprint density at radius 2 is 0.661 bits per heavy atom. The number of rotatable bonds is 24. The molecule has 0 amide bonds. The Kier molecular flexibility index (Phi) is 26.1. The Morgan fingerprint density at radius 1 is 0.304 bits per heavy atom. The normalized spacial score (nSPS) is 11.0. The lowest BCUT2D eigenvalue weighted by Gasteiger charge is -2.12. The van der Waals surface area contributed by atoms with Gasteiger partial charge in [-0.05, 0) is 133 Å². The van der Waals surface area contributed by atoms with Gasteiger partial charge in [0.1, 0.15) is 34.9 Å². The number of anilines is 8. The molecule has 0 spiro atoms. The molecule has 35 heteroatoms. The van der Waals surface area contributed by atoms with Crippen molar-refractivity contribution in [2.45, 2.75) is 0 Å². The summed E-state index contributed by atoms with van der Waals surface area (Å²) in [6, 6.07) is 64.4. The maximum atomic E-state index is 11.1. The van der Waals surface area contributed by atoms with Crippen molar-refractivity contribution in [2.75, 3.05) is 94.9 Å². The van der Waals surface area contributed by atoms with Crippen molar-refractivity contribution < 1.29 is 9.05 Å². The zero-order valence-corrected chi connectivity index (χ0v) is 66.7. The van der Waals surface area contributed by atoms with E-state index in [1.54, 1.807) is 72.0 Å². The van der Waals surface area contributed by atoms with Gasteiger partial charge < -0.3 is 51.6 Å². The molecular formula is C80H63Cl8N21O5S. The Labute approximate surface area is 697 Å². The smallest absolute Gasteiger partial charge is 0.359 e. The summed E-state index contributed by atoms with van der Waals surface area (Å²) in [5, 5.41) is 44.6. The van der Waals surface area contributed by atoms with Crippen LogP contribution in [-0.4, -0.2) is 118 Å². The van der Waals surface area contributed by atoms with E-state index in [9.17, 15) is 14.4 Å². The molecule has 17 rings (SSSR count). The largest absolute Gasteiger partial charge is 0.369 e. The molecule has 9 aromatic carbocycles. The number of benzene rings is 9. The highest BCUT2D eigenvalue weighted by Crippen LogP contribution is 2.37. The third-order valence-electron chi connectivity index (χ3n) is 16.9. The average Bonchev–Trinajstić information content (AvgIpc) is 1.65. The van der Waals surface area contributed by atoms with Gasteiger partial charge >= 0.3 is 5.63 Å². The lowest BCUT2D eigenvalue weighted by molar-refractivity contribution is 0.394. The first kappa shape index (κ1) is 79.6. The molecule has 0 aliphatic carbocycles. The van der Waals surface area contributed by atoms with Crippen LogP contribution in [0.5, 0.6) is 0 Å². The molecule has 580 valence electrons. The molecule has 0 aliphatic heterocycles. The van der Waals surface area contributed by atoms with Gasteiger partial charge in [-0.25, -0.2) is 54.8 Å².